The van der Waals surface area contributed by atoms with Crippen LogP contribution < -0.4 is 5.32 Å². The zero-order chi connectivity index (χ0) is 10.4. The highest BCUT2D eigenvalue weighted by Gasteiger charge is 2.18. The molecule has 1 heterocycles. The van der Waals surface area contributed by atoms with Crippen LogP contribution in [0.3, 0.4) is 0 Å². The van der Waals surface area contributed by atoms with E-state index in [9.17, 15) is 4.79 Å². The van der Waals surface area contributed by atoms with Gasteiger partial charge < -0.3 is 10.1 Å². The van der Waals surface area contributed by atoms with Gasteiger partial charge in [-0.05, 0) is 20.3 Å². The Kier molecular flexibility index (Phi) is 4.40. The normalized spacial score (nSPS) is 24.0. The number of hydrogen-bond donors (Lipinski definition) is 1. The molecule has 1 atom stereocenters. The van der Waals surface area contributed by atoms with E-state index >= 15 is 0 Å². The lowest BCUT2D eigenvalue weighted by molar-refractivity contribution is -0.146. The summed E-state index contributed by atoms with van der Waals surface area (Å²) in [6.45, 7) is 4.83. The second kappa shape index (κ2) is 5.60. The fourth-order valence-corrected chi connectivity index (χ4v) is 1.44. The maximum absolute atomic E-state index is 10.8. The van der Waals surface area contributed by atoms with Gasteiger partial charge in [0.05, 0.1) is 6.54 Å². The number of morpholine rings is 1. The summed E-state index contributed by atoms with van der Waals surface area (Å²) in [5, 5.41) is 3.14. The van der Waals surface area contributed by atoms with Crippen molar-refractivity contribution in [2.45, 2.75) is 26.3 Å². The number of cyclic esters (lactones) is 1. The summed E-state index contributed by atoms with van der Waals surface area (Å²) in [7, 11) is 0. The van der Waals surface area contributed by atoms with Gasteiger partial charge in [-0.15, -0.1) is 0 Å². The number of ether oxygens (including phenoxy) is 1. The molecule has 0 amide bonds. The minimum Gasteiger partial charge on any atom is -0.463 e. The monoisotopic (exact) mass is 195 g/mol. The van der Waals surface area contributed by atoms with Crippen molar-refractivity contribution >= 4 is 5.97 Å². The summed E-state index contributed by atoms with van der Waals surface area (Å²) in [4.78, 5) is 10.8. The molecule has 78 valence electrons. The van der Waals surface area contributed by atoms with Gasteiger partial charge in [0, 0.05) is 6.04 Å². The second-order valence-corrected chi connectivity index (χ2v) is 3.33. The van der Waals surface area contributed by atoms with Crippen molar-refractivity contribution in [1.29, 1.82) is 0 Å². The zero-order valence-electron chi connectivity index (χ0n) is 8.75. The summed E-state index contributed by atoms with van der Waals surface area (Å²) in [5.74, 6) is -0.158. The predicted molar refractivity (Wildman–Crippen MR) is 55.9 cm³/mol. The third-order valence-electron chi connectivity index (χ3n) is 2.21. The molecule has 0 saturated carbocycles. The number of rotatable bonds is 3. The first-order chi connectivity index (χ1) is 6.76. The Morgan fingerprint density at radius 2 is 2.43 bits per heavy atom. The van der Waals surface area contributed by atoms with E-state index in [2.05, 4.69) is 17.5 Å². The van der Waals surface area contributed by atoms with Gasteiger partial charge in [0.2, 0.25) is 0 Å². The van der Waals surface area contributed by atoms with Gasteiger partial charge in [0.1, 0.15) is 6.61 Å². The Labute approximate surface area is 84.8 Å². The molecule has 1 N–H and O–H groups in total. The van der Waals surface area contributed by atoms with Crippen LogP contribution in [0.1, 0.15) is 20.3 Å². The Bertz CT molecular complexity index is 246. The highest BCUT2D eigenvalue weighted by molar-refractivity contribution is 5.72. The summed E-state index contributed by atoms with van der Waals surface area (Å²) in [6, 6.07) is 0.259. The topological polar surface area (TPSA) is 38.3 Å². The molecule has 1 unspecified atom stereocenters. The van der Waals surface area contributed by atoms with E-state index in [0.29, 0.717) is 13.2 Å². The van der Waals surface area contributed by atoms with Crippen molar-refractivity contribution < 1.29 is 9.53 Å². The summed E-state index contributed by atoms with van der Waals surface area (Å²) in [5.41, 5.74) is 1.27. The number of esters is 1. The van der Waals surface area contributed by atoms with Gasteiger partial charge in [-0.2, -0.15) is 0 Å². The van der Waals surface area contributed by atoms with Crippen LogP contribution in [0.4, 0.5) is 0 Å². The van der Waals surface area contributed by atoms with E-state index in [0.717, 1.165) is 6.42 Å². The Morgan fingerprint density at radius 3 is 2.93 bits per heavy atom. The first kappa shape index (κ1) is 11.0. The molecule has 0 aromatic heterocycles. The van der Waals surface area contributed by atoms with E-state index in [1.807, 2.05) is 19.9 Å². The molecule has 1 rings (SSSR count). The molecule has 1 saturated heterocycles. The number of allylic oxidation sites excluding steroid dienone is 3. The summed E-state index contributed by atoms with van der Waals surface area (Å²) in [6.07, 6.45) is 7.09. The Hall–Kier alpha value is -1.09. The first-order valence-electron chi connectivity index (χ1n) is 4.93. The molecule has 0 aromatic rings. The summed E-state index contributed by atoms with van der Waals surface area (Å²) < 4.78 is 4.96. The van der Waals surface area contributed by atoms with Crippen LogP contribution in [0.25, 0.3) is 0 Å². The minimum absolute atomic E-state index is 0.158. The molecule has 1 aliphatic rings. The van der Waals surface area contributed by atoms with Crippen molar-refractivity contribution in [2.24, 2.45) is 0 Å². The molecule has 0 aliphatic carbocycles. The largest absolute Gasteiger partial charge is 0.463 e. The molecule has 3 nitrogen and oxygen atoms in total. The van der Waals surface area contributed by atoms with Crippen LogP contribution in [0.5, 0.6) is 0 Å². The molecule has 0 bridgehead atoms. The van der Waals surface area contributed by atoms with E-state index < -0.39 is 0 Å². The van der Waals surface area contributed by atoms with Gasteiger partial charge in [0.25, 0.3) is 0 Å². The standard InChI is InChI=1S/C11H17NO2/c1-3-5-9(4-2)6-10-8-14-11(13)7-12-10/h3-5,10,12H,6-8H2,1-2H3/b5-3-,9-4+. The lowest BCUT2D eigenvalue weighted by atomic mass is 10.1. The van der Waals surface area contributed by atoms with Gasteiger partial charge in [0.15, 0.2) is 0 Å². The van der Waals surface area contributed by atoms with Crippen LogP contribution >= 0.6 is 0 Å². The SMILES string of the molecule is C/C=C\C(=C/C)CC1COC(=O)CN1. The third kappa shape index (κ3) is 3.34. The molecule has 14 heavy (non-hydrogen) atoms. The van der Waals surface area contributed by atoms with Gasteiger partial charge in [-0.1, -0.05) is 23.8 Å². The van der Waals surface area contributed by atoms with Crippen LogP contribution in [0.2, 0.25) is 0 Å². The van der Waals surface area contributed by atoms with Crippen LogP contribution in [-0.2, 0) is 9.53 Å². The fraction of sp³-hybridized carbons (Fsp3) is 0.545. The molecule has 3 heteroatoms. The van der Waals surface area contributed by atoms with Gasteiger partial charge in [-0.25, -0.2) is 0 Å². The molecular formula is C11H17NO2. The lowest BCUT2D eigenvalue weighted by Crippen LogP contribution is -2.44. The fourth-order valence-electron chi connectivity index (χ4n) is 1.44. The molecule has 1 aliphatic heterocycles. The quantitative estimate of drug-likeness (QED) is 0.546. The number of carbonyl (C=O) groups excluding carboxylic acids is 1. The van der Waals surface area contributed by atoms with Crippen molar-refractivity contribution in [2.75, 3.05) is 13.2 Å². The molecule has 0 radical (unpaired) electrons. The molecule has 0 spiro atoms. The Balaban J connectivity index is 2.40. The number of carbonyl (C=O) groups is 1. The number of nitrogens with one attached hydrogen (secondary N) is 1. The van der Waals surface area contributed by atoms with Crippen molar-refractivity contribution in [1.82, 2.24) is 5.32 Å². The average Bonchev–Trinajstić information content (AvgIpc) is 2.20. The summed E-state index contributed by atoms with van der Waals surface area (Å²) >= 11 is 0. The highest BCUT2D eigenvalue weighted by Crippen LogP contribution is 2.09. The van der Waals surface area contributed by atoms with E-state index in [1.54, 1.807) is 0 Å². The smallest absolute Gasteiger partial charge is 0.319 e. The maximum Gasteiger partial charge on any atom is 0.319 e. The zero-order valence-corrected chi connectivity index (χ0v) is 8.75. The van der Waals surface area contributed by atoms with Gasteiger partial charge >= 0.3 is 5.97 Å². The van der Waals surface area contributed by atoms with Crippen LogP contribution in [0, 0.1) is 0 Å². The molecular weight excluding hydrogens is 178 g/mol. The molecule has 1 fully saturated rings. The Morgan fingerprint density at radius 1 is 1.64 bits per heavy atom. The maximum atomic E-state index is 10.8. The number of hydrogen-bond acceptors (Lipinski definition) is 3. The lowest BCUT2D eigenvalue weighted by Gasteiger charge is -2.23. The van der Waals surface area contributed by atoms with E-state index in [-0.39, 0.29) is 12.0 Å². The predicted octanol–water partition coefficient (Wildman–Crippen LogP) is 1.41. The van der Waals surface area contributed by atoms with Gasteiger partial charge in [-0.3, -0.25) is 4.79 Å². The van der Waals surface area contributed by atoms with E-state index in [1.165, 1.54) is 5.57 Å². The van der Waals surface area contributed by atoms with Crippen molar-refractivity contribution in [3.8, 4) is 0 Å². The first-order valence-corrected chi connectivity index (χ1v) is 4.93. The van der Waals surface area contributed by atoms with Crippen molar-refractivity contribution in [3.05, 3.63) is 23.8 Å². The third-order valence-corrected chi connectivity index (χ3v) is 2.21. The highest BCUT2D eigenvalue weighted by atomic mass is 16.5. The van der Waals surface area contributed by atoms with Crippen LogP contribution in [0.15, 0.2) is 23.8 Å². The molecule has 0 aromatic carbocycles. The minimum atomic E-state index is -0.158. The van der Waals surface area contributed by atoms with E-state index in [4.69, 9.17) is 4.74 Å². The van der Waals surface area contributed by atoms with Crippen molar-refractivity contribution in [3.63, 3.8) is 0 Å². The van der Waals surface area contributed by atoms with Crippen LogP contribution in [-0.4, -0.2) is 25.2 Å². The average molecular weight is 195 g/mol. The second-order valence-electron chi connectivity index (χ2n) is 3.33.